The minimum atomic E-state index is -1.06. The van der Waals surface area contributed by atoms with Gasteiger partial charge in [-0.1, -0.05) is 0 Å². The van der Waals surface area contributed by atoms with Crippen LogP contribution >= 0.6 is 0 Å². The molecule has 0 amide bonds. The Hall–Kier alpha value is -0.230. The molecule has 0 atom stereocenters. The van der Waals surface area contributed by atoms with Crippen LogP contribution in [0.2, 0.25) is 0 Å². The molecule has 0 radical (unpaired) electrons. The Morgan fingerprint density at radius 1 is 1.10 bits per heavy atom. The van der Waals surface area contributed by atoms with E-state index in [1.165, 1.54) is 0 Å². The molecule has 0 bridgehead atoms. The average Bonchev–Trinajstić information content (AvgIpc) is 1.63. The Morgan fingerprint density at radius 2 is 1.40 bits per heavy atom. The van der Waals surface area contributed by atoms with Crippen molar-refractivity contribution in [3.63, 3.8) is 0 Å². The van der Waals surface area contributed by atoms with Crippen LogP contribution in [0.25, 0.3) is 0 Å². The summed E-state index contributed by atoms with van der Waals surface area (Å²) in [5.74, 6) is -2.12. The number of hydrogen-bond donors (Lipinski definition) is 3. The quantitative estimate of drug-likeness (QED) is 0.516. The van der Waals surface area contributed by atoms with Crippen molar-refractivity contribution in [2.24, 2.45) is 0 Å². The predicted molar refractivity (Wildman–Crippen MR) is 38.1 cm³/mol. The number of rotatable bonds is 4. The average molecular weight is 251 g/mol. The number of carboxylic acid groups (broad SMARTS) is 2. The molecule has 0 fully saturated rings. The van der Waals surface area contributed by atoms with Crippen molar-refractivity contribution in [3.05, 3.63) is 0 Å². The fraction of sp³-hybridized carbons (Fsp3) is 0.500. The zero-order chi connectivity index (χ0) is 7.28. The summed E-state index contributed by atoms with van der Waals surface area (Å²) in [7, 11) is 0. The van der Waals surface area contributed by atoms with Crippen LogP contribution in [0.1, 0.15) is 0 Å². The molecular weight excluding hydrogens is 241 g/mol. The summed E-state index contributed by atoms with van der Waals surface area (Å²) in [4.78, 5) is 19.5. The van der Waals surface area contributed by atoms with Crippen molar-refractivity contribution < 1.29 is 19.8 Å². The topological polar surface area (TPSA) is 86.6 Å². The third-order valence-electron chi connectivity index (χ3n) is 0.552. The van der Waals surface area contributed by atoms with Crippen molar-refractivity contribution in [1.29, 1.82) is 0 Å². The normalized spacial score (nSPS) is 8.00. The van der Waals surface area contributed by atoms with Crippen LogP contribution in [0.4, 0.5) is 0 Å². The van der Waals surface area contributed by atoms with Gasteiger partial charge in [-0.2, -0.15) is 0 Å². The zero-order valence-electron chi connectivity index (χ0n) is 4.63. The second-order valence-electron chi connectivity index (χ2n) is 1.39. The molecule has 58 valence electrons. The summed E-state index contributed by atoms with van der Waals surface area (Å²) in [5, 5.41) is 18.1. The Kier molecular flexibility index (Phi) is 8.57. The Labute approximate surface area is 76.2 Å². The van der Waals surface area contributed by atoms with Crippen LogP contribution in [0, 0.1) is 0 Å². The molecule has 0 aliphatic rings. The fourth-order valence-electron chi connectivity index (χ4n) is 0.276. The van der Waals surface area contributed by atoms with Gasteiger partial charge < -0.3 is 10.2 Å². The van der Waals surface area contributed by atoms with Gasteiger partial charge in [0.25, 0.3) is 0 Å². The van der Waals surface area contributed by atoms with Gasteiger partial charge in [-0.05, 0) is 0 Å². The van der Waals surface area contributed by atoms with Crippen LogP contribution in [0.5, 0.6) is 0 Å². The molecule has 0 aromatic rings. The molecular formula is C4H10InNO4. The molecule has 0 rings (SSSR count). The van der Waals surface area contributed by atoms with E-state index in [1.54, 1.807) is 0 Å². The molecule has 6 heteroatoms. The molecule has 0 aliphatic heterocycles. The van der Waals surface area contributed by atoms with Gasteiger partial charge in [0.15, 0.2) is 0 Å². The Morgan fingerprint density at radius 3 is 1.60 bits per heavy atom. The first-order valence-corrected chi connectivity index (χ1v) is 2.27. The molecule has 0 aromatic carbocycles. The molecule has 3 N–H and O–H groups in total. The second kappa shape index (κ2) is 6.88. The van der Waals surface area contributed by atoms with E-state index < -0.39 is 11.9 Å². The van der Waals surface area contributed by atoms with Crippen molar-refractivity contribution >= 4 is 37.8 Å². The fourth-order valence-corrected chi connectivity index (χ4v) is 0.276. The van der Waals surface area contributed by atoms with Gasteiger partial charge in [-0.25, -0.2) is 0 Å². The van der Waals surface area contributed by atoms with Gasteiger partial charge in [0.1, 0.15) is 0 Å². The van der Waals surface area contributed by atoms with Gasteiger partial charge in [0, 0.05) is 0 Å². The first-order valence-electron chi connectivity index (χ1n) is 2.27. The van der Waals surface area contributed by atoms with Crippen molar-refractivity contribution in [2.45, 2.75) is 0 Å². The van der Waals surface area contributed by atoms with Crippen LogP contribution in [-0.4, -0.2) is 61.1 Å². The molecule has 0 spiro atoms. The summed E-state index contributed by atoms with van der Waals surface area (Å²) in [6, 6.07) is 0. The summed E-state index contributed by atoms with van der Waals surface area (Å²) in [6.45, 7) is -0.626. The van der Waals surface area contributed by atoms with E-state index in [9.17, 15) is 9.59 Å². The first-order chi connectivity index (χ1) is 4.13. The van der Waals surface area contributed by atoms with Gasteiger partial charge in [0.2, 0.25) is 0 Å². The summed E-state index contributed by atoms with van der Waals surface area (Å²) in [6.07, 6.45) is 0. The van der Waals surface area contributed by atoms with Gasteiger partial charge in [-0.15, -0.1) is 0 Å². The van der Waals surface area contributed by atoms with Gasteiger partial charge in [-0.3, -0.25) is 14.9 Å². The third kappa shape index (κ3) is 10.7. The number of hydrogen-bond acceptors (Lipinski definition) is 3. The van der Waals surface area contributed by atoms with Crippen molar-refractivity contribution in [3.8, 4) is 0 Å². The summed E-state index contributed by atoms with van der Waals surface area (Å²) >= 11 is 0. The van der Waals surface area contributed by atoms with E-state index >= 15 is 0 Å². The SMILES string of the molecule is O=C(O)CNCC(=O)O.[InH3]. The van der Waals surface area contributed by atoms with Crippen molar-refractivity contribution in [1.82, 2.24) is 5.32 Å². The van der Waals surface area contributed by atoms with Gasteiger partial charge >= 0.3 is 37.8 Å². The molecule has 0 unspecified atom stereocenters. The van der Waals surface area contributed by atoms with E-state index in [4.69, 9.17) is 10.2 Å². The molecule has 0 saturated heterocycles. The monoisotopic (exact) mass is 251 g/mol. The number of carboxylic acids is 2. The van der Waals surface area contributed by atoms with E-state index in [0.717, 1.165) is 0 Å². The maximum absolute atomic E-state index is 9.73. The molecule has 0 aromatic heterocycles. The summed E-state index contributed by atoms with van der Waals surface area (Å²) < 4.78 is 0. The molecule has 0 aliphatic carbocycles. The van der Waals surface area contributed by atoms with Crippen molar-refractivity contribution in [2.75, 3.05) is 13.1 Å². The molecule has 10 heavy (non-hydrogen) atoms. The van der Waals surface area contributed by atoms with Gasteiger partial charge in [0.05, 0.1) is 13.1 Å². The molecule has 0 saturated carbocycles. The molecule has 0 heterocycles. The third-order valence-corrected chi connectivity index (χ3v) is 0.552. The van der Waals surface area contributed by atoms with E-state index in [0.29, 0.717) is 0 Å². The minimum absolute atomic E-state index is 0. The second-order valence-corrected chi connectivity index (χ2v) is 1.39. The molecule has 5 nitrogen and oxygen atoms in total. The number of aliphatic carboxylic acids is 2. The van der Waals surface area contributed by atoms with Crippen LogP contribution in [0.15, 0.2) is 0 Å². The Bertz CT molecular complexity index is 112. The van der Waals surface area contributed by atoms with E-state index in [-0.39, 0.29) is 38.9 Å². The maximum atomic E-state index is 9.73. The predicted octanol–water partition coefficient (Wildman–Crippen LogP) is -2.44. The number of nitrogens with one attached hydrogen (secondary N) is 1. The number of carbonyl (C=O) groups is 2. The zero-order valence-corrected chi connectivity index (χ0v) is 4.63. The first kappa shape index (κ1) is 12.4. The van der Waals surface area contributed by atoms with Crippen LogP contribution < -0.4 is 5.32 Å². The van der Waals surface area contributed by atoms with Crippen LogP contribution in [0.3, 0.4) is 0 Å². The van der Waals surface area contributed by atoms with E-state index in [2.05, 4.69) is 5.32 Å². The van der Waals surface area contributed by atoms with E-state index in [1.807, 2.05) is 0 Å². The Balaban J connectivity index is 0. The van der Waals surface area contributed by atoms with Crippen LogP contribution in [-0.2, 0) is 9.59 Å². The summed E-state index contributed by atoms with van der Waals surface area (Å²) in [5.41, 5.74) is 0. The standard InChI is InChI=1S/C4H7NO4.In.3H/c6-3(7)1-5-2-4(8)9;;;;/h5H,1-2H2,(H,6,7)(H,8,9);;;;.